The number of esters is 1. The van der Waals surface area contributed by atoms with Gasteiger partial charge < -0.3 is 15.2 Å². The highest BCUT2D eigenvalue weighted by Gasteiger charge is 2.39. The molecule has 0 saturated heterocycles. The topological polar surface area (TPSA) is 61.5 Å². The minimum atomic E-state index is -0.309. The van der Waals surface area contributed by atoms with Crippen molar-refractivity contribution in [2.45, 2.75) is 25.7 Å². The Kier molecular flexibility index (Phi) is 3.81. The molecule has 0 amide bonds. The summed E-state index contributed by atoms with van der Waals surface area (Å²) < 4.78 is 10.7. The number of carbonyl (C=O) groups is 1. The highest BCUT2D eigenvalue weighted by atomic mass is 16.6. The van der Waals surface area contributed by atoms with Crippen LogP contribution in [0.3, 0.4) is 0 Å². The number of hydrogen-bond donors (Lipinski definition) is 1. The summed E-state index contributed by atoms with van der Waals surface area (Å²) in [6, 6.07) is 7.15. The van der Waals surface area contributed by atoms with Crippen molar-refractivity contribution in [1.82, 2.24) is 0 Å². The van der Waals surface area contributed by atoms with Crippen LogP contribution < -0.4 is 10.5 Å². The van der Waals surface area contributed by atoms with Crippen molar-refractivity contribution >= 4 is 11.7 Å². The second kappa shape index (κ2) is 5.73. The summed E-state index contributed by atoms with van der Waals surface area (Å²) in [5.41, 5.74) is 6.28. The fraction of sp³-hybridized carbons (Fsp3) is 0.562. The first-order valence-electron chi connectivity index (χ1n) is 7.35. The summed E-state index contributed by atoms with van der Waals surface area (Å²) in [5, 5.41) is 0. The quantitative estimate of drug-likeness (QED) is 0.663. The number of hydrogen-bond acceptors (Lipinski definition) is 4. The van der Waals surface area contributed by atoms with E-state index in [0.29, 0.717) is 24.0 Å². The Morgan fingerprint density at radius 3 is 2.80 bits per heavy atom. The Balaban J connectivity index is 1.41. The van der Waals surface area contributed by atoms with Crippen molar-refractivity contribution < 1.29 is 14.3 Å². The summed E-state index contributed by atoms with van der Waals surface area (Å²) >= 11 is 0. The van der Waals surface area contributed by atoms with Gasteiger partial charge in [-0.3, -0.25) is 0 Å². The SMILES string of the molecule is Nc1ccccc1OCC(=O)OCC1CC2CCC1C2. The van der Waals surface area contributed by atoms with E-state index in [1.165, 1.54) is 25.7 Å². The van der Waals surface area contributed by atoms with Crippen molar-refractivity contribution in [3.05, 3.63) is 24.3 Å². The Morgan fingerprint density at radius 2 is 2.10 bits per heavy atom. The monoisotopic (exact) mass is 275 g/mol. The zero-order chi connectivity index (χ0) is 13.9. The van der Waals surface area contributed by atoms with Crippen molar-refractivity contribution in [3.63, 3.8) is 0 Å². The van der Waals surface area contributed by atoms with E-state index in [0.717, 1.165) is 11.8 Å². The number of nitrogen functional groups attached to an aromatic ring is 1. The molecule has 2 aliphatic carbocycles. The number of benzene rings is 1. The molecular weight excluding hydrogens is 254 g/mol. The molecule has 2 saturated carbocycles. The molecule has 1 aromatic rings. The lowest BCUT2D eigenvalue weighted by molar-refractivity contribution is -0.147. The number of carbonyl (C=O) groups excluding carboxylic acids is 1. The lowest BCUT2D eigenvalue weighted by Gasteiger charge is -2.21. The average molecular weight is 275 g/mol. The van der Waals surface area contributed by atoms with Gasteiger partial charge in [-0.1, -0.05) is 18.6 Å². The molecule has 2 bridgehead atoms. The Hall–Kier alpha value is -1.71. The molecule has 4 heteroatoms. The van der Waals surface area contributed by atoms with Gasteiger partial charge in [0.15, 0.2) is 6.61 Å². The van der Waals surface area contributed by atoms with Gasteiger partial charge in [0.05, 0.1) is 12.3 Å². The minimum absolute atomic E-state index is 0.0744. The molecule has 0 aliphatic heterocycles. The standard InChI is InChI=1S/C16H21NO3/c17-14-3-1-2-4-15(14)19-10-16(18)20-9-13-8-11-5-6-12(13)7-11/h1-4,11-13H,5-10,17H2. The van der Waals surface area contributed by atoms with Gasteiger partial charge >= 0.3 is 5.97 Å². The highest BCUT2D eigenvalue weighted by Crippen LogP contribution is 2.48. The molecule has 20 heavy (non-hydrogen) atoms. The van der Waals surface area contributed by atoms with Gasteiger partial charge in [-0.2, -0.15) is 0 Å². The van der Waals surface area contributed by atoms with Crippen LogP contribution in [0.15, 0.2) is 24.3 Å². The first kappa shape index (κ1) is 13.3. The molecule has 3 atom stereocenters. The van der Waals surface area contributed by atoms with Gasteiger partial charge in [0.1, 0.15) is 5.75 Å². The third-order valence-corrected chi connectivity index (χ3v) is 4.61. The van der Waals surface area contributed by atoms with Gasteiger partial charge in [0.2, 0.25) is 0 Å². The molecule has 0 aromatic heterocycles. The largest absolute Gasteiger partial charge is 0.480 e. The Morgan fingerprint density at radius 1 is 1.25 bits per heavy atom. The fourth-order valence-electron chi connectivity index (χ4n) is 3.57. The predicted molar refractivity (Wildman–Crippen MR) is 76.2 cm³/mol. The molecule has 0 spiro atoms. The molecule has 0 heterocycles. The van der Waals surface area contributed by atoms with Gasteiger partial charge in [-0.05, 0) is 49.1 Å². The maximum atomic E-state index is 11.7. The molecule has 2 N–H and O–H groups in total. The van der Waals surface area contributed by atoms with Crippen molar-refractivity contribution in [3.8, 4) is 5.75 Å². The second-order valence-corrected chi connectivity index (χ2v) is 5.94. The van der Waals surface area contributed by atoms with E-state index in [1.807, 2.05) is 12.1 Å². The number of fused-ring (bicyclic) bond motifs is 2. The molecule has 3 unspecified atom stereocenters. The maximum absolute atomic E-state index is 11.7. The summed E-state index contributed by atoms with van der Waals surface area (Å²) in [4.78, 5) is 11.7. The first-order valence-corrected chi connectivity index (χ1v) is 7.35. The molecule has 1 aromatic carbocycles. The lowest BCUT2D eigenvalue weighted by atomic mass is 9.90. The molecule has 0 radical (unpaired) electrons. The molecule has 2 fully saturated rings. The number of anilines is 1. The van der Waals surface area contributed by atoms with E-state index < -0.39 is 0 Å². The number of ether oxygens (including phenoxy) is 2. The van der Waals surface area contributed by atoms with Crippen LogP contribution in [-0.2, 0) is 9.53 Å². The Bertz CT molecular complexity index is 488. The Labute approximate surface area is 119 Å². The zero-order valence-corrected chi connectivity index (χ0v) is 11.6. The predicted octanol–water partition coefficient (Wildman–Crippen LogP) is 2.63. The van der Waals surface area contributed by atoms with E-state index in [2.05, 4.69) is 0 Å². The van der Waals surface area contributed by atoms with Crippen LogP contribution in [0.5, 0.6) is 5.75 Å². The zero-order valence-electron chi connectivity index (χ0n) is 11.6. The minimum Gasteiger partial charge on any atom is -0.480 e. The van der Waals surface area contributed by atoms with E-state index in [-0.39, 0.29) is 12.6 Å². The second-order valence-electron chi connectivity index (χ2n) is 5.94. The summed E-state index contributed by atoms with van der Waals surface area (Å²) in [6.07, 6.45) is 5.24. The lowest BCUT2D eigenvalue weighted by Crippen LogP contribution is -2.22. The fourth-order valence-corrected chi connectivity index (χ4v) is 3.57. The molecular formula is C16H21NO3. The van der Waals surface area contributed by atoms with Crippen molar-refractivity contribution in [2.24, 2.45) is 17.8 Å². The summed E-state index contributed by atoms with van der Waals surface area (Å²) in [7, 11) is 0. The van der Waals surface area contributed by atoms with Crippen LogP contribution in [0.1, 0.15) is 25.7 Å². The van der Waals surface area contributed by atoms with Gasteiger partial charge in [0, 0.05) is 0 Å². The first-order chi connectivity index (χ1) is 9.72. The maximum Gasteiger partial charge on any atom is 0.344 e. The third-order valence-electron chi connectivity index (χ3n) is 4.61. The van der Waals surface area contributed by atoms with E-state index >= 15 is 0 Å². The third kappa shape index (κ3) is 2.89. The van der Waals surface area contributed by atoms with Gasteiger partial charge in [-0.15, -0.1) is 0 Å². The van der Waals surface area contributed by atoms with Crippen LogP contribution in [0, 0.1) is 17.8 Å². The molecule has 108 valence electrons. The van der Waals surface area contributed by atoms with Crippen LogP contribution in [0.2, 0.25) is 0 Å². The van der Waals surface area contributed by atoms with Gasteiger partial charge in [-0.25, -0.2) is 4.79 Å². The summed E-state index contributed by atoms with van der Waals surface area (Å²) in [6.45, 7) is 0.475. The molecule has 4 nitrogen and oxygen atoms in total. The molecule has 3 rings (SSSR count). The smallest absolute Gasteiger partial charge is 0.344 e. The summed E-state index contributed by atoms with van der Waals surface area (Å²) in [5.74, 6) is 2.45. The number of rotatable bonds is 5. The van der Waals surface area contributed by atoms with Crippen molar-refractivity contribution in [2.75, 3.05) is 18.9 Å². The van der Waals surface area contributed by atoms with Crippen LogP contribution in [-0.4, -0.2) is 19.2 Å². The van der Waals surface area contributed by atoms with E-state index in [1.54, 1.807) is 12.1 Å². The average Bonchev–Trinajstić information content (AvgIpc) is 3.06. The number of nitrogens with two attached hydrogens (primary N) is 1. The normalized spacial score (nSPS) is 27.5. The number of para-hydroxylation sites is 2. The van der Waals surface area contributed by atoms with Crippen LogP contribution in [0.25, 0.3) is 0 Å². The van der Waals surface area contributed by atoms with Crippen molar-refractivity contribution in [1.29, 1.82) is 0 Å². The van der Waals surface area contributed by atoms with Crippen LogP contribution in [0.4, 0.5) is 5.69 Å². The van der Waals surface area contributed by atoms with Crippen LogP contribution >= 0.6 is 0 Å². The molecule has 2 aliphatic rings. The van der Waals surface area contributed by atoms with Gasteiger partial charge in [0.25, 0.3) is 0 Å². The van der Waals surface area contributed by atoms with E-state index in [9.17, 15) is 4.79 Å². The van der Waals surface area contributed by atoms with E-state index in [4.69, 9.17) is 15.2 Å². The highest BCUT2D eigenvalue weighted by molar-refractivity contribution is 5.71.